The number of rotatable bonds is 7. The van der Waals surface area contributed by atoms with Gasteiger partial charge in [-0.25, -0.2) is 0 Å². The summed E-state index contributed by atoms with van der Waals surface area (Å²) in [6, 6.07) is 0. The van der Waals surface area contributed by atoms with Crippen molar-refractivity contribution in [3.63, 3.8) is 0 Å². The number of hydrogen-bond donors (Lipinski definition) is 0. The largest absolute Gasteiger partial charge is 1.00 e. The van der Waals surface area contributed by atoms with Gasteiger partial charge in [0.05, 0.1) is 0 Å². The summed E-state index contributed by atoms with van der Waals surface area (Å²) in [5.41, 5.74) is 0. The second-order valence-electron chi connectivity index (χ2n) is 3.33. The van der Waals surface area contributed by atoms with Crippen molar-refractivity contribution in [1.82, 2.24) is 0 Å². The quantitative estimate of drug-likeness (QED) is 0.350. The van der Waals surface area contributed by atoms with E-state index >= 15 is 0 Å². The van der Waals surface area contributed by atoms with Crippen molar-refractivity contribution in [2.24, 2.45) is 0 Å². The summed E-state index contributed by atoms with van der Waals surface area (Å²) in [6.07, 6.45) is 11.5. The maximum Gasteiger partial charge on any atom is 1.00 e. The monoisotopic (exact) mass is 316 g/mol. The van der Waals surface area contributed by atoms with Gasteiger partial charge in [0.25, 0.3) is 0 Å². The van der Waals surface area contributed by atoms with E-state index in [4.69, 9.17) is 12.2 Å². The molecule has 0 fully saturated rings. The molecule has 0 aliphatic carbocycles. The van der Waals surface area contributed by atoms with Gasteiger partial charge < -0.3 is 0 Å². The standard InChI is InChI=1S/C10H22.2Na.H2O3Se/c1-3-5-7-9-10-8-6-4-2;;;1-4(2)3/h3-10H2,1-2H3;;;(H2,1,2,3)/q;2*+1;/p-2. The van der Waals surface area contributed by atoms with E-state index in [2.05, 4.69) is 13.8 Å². The topological polar surface area (TPSA) is 63.2 Å². The van der Waals surface area contributed by atoms with Crippen LogP contribution in [-0.2, 0) is 3.83 Å². The first-order valence-corrected chi connectivity index (χ1v) is 7.51. The molecular formula is C10H22Na2O3Se. The third-order valence-electron chi connectivity index (χ3n) is 1.96. The summed E-state index contributed by atoms with van der Waals surface area (Å²) in [5.74, 6) is 0. The Balaban J connectivity index is -0.000000105. The zero-order valence-electron chi connectivity index (χ0n) is 11.3. The van der Waals surface area contributed by atoms with Crippen LogP contribution in [0.4, 0.5) is 0 Å². The molecule has 6 heteroatoms. The molecule has 0 radical (unpaired) electrons. The zero-order chi connectivity index (χ0) is 11.2. The van der Waals surface area contributed by atoms with Crippen LogP contribution in [0.3, 0.4) is 0 Å². The molecule has 0 aliphatic rings. The van der Waals surface area contributed by atoms with Crippen molar-refractivity contribution in [3.05, 3.63) is 0 Å². The molecule has 0 atom stereocenters. The molecule has 0 saturated heterocycles. The van der Waals surface area contributed by atoms with E-state index in [1.807, 2.05) is 0 Å². The molecule has 0 saturated carbocycles. The summed E-state index contributed by atoms with van der Waals surface area (Å²) in [5, 5.41) is 0. The predicted octanol–water partition coefficient (Wildman–Crippen LogP) is -4.72. The van der Waals surface area contributed by atoms with Gasteiger partial charge in [-0.1, -0.05) is 65.2 Å². The molecular weight excluding hydrogens is 293 g/mol. The smallest absolute Gasteiger partial charge is 1.00 e. The number of unbranched alkanes of at least 4 members (excludes halogenated alkanes) is 7. The fraction of sp³-hybridized carbons (Fsp3) is 1.00. The summed E-state index contributed by atoms with van der Waals surface area (Å²) in [6.45, 7) is 4.54. The Hall–Kier alpha value is 2.24. The fourth-order valence-electron chi connectivity index (χ4n) is 1.21. The second kappa shape index (κ2) is 25.9. The summed E-state index contributed by atoms with van der Waals surface area (Å²) >= 11 is -3.79. The minimum Gasteiger partial charge on any atom is 1.00 e. The van der Waals surface area contributed by atoms with Crippen molar-refractivity contribution in [2.75, 3.05) is 0 Å². The van der Waals surface area contributed by atoms with Crippen LogP contribution in [0, 0.1) is 0 Å². The minimum atomic E-state index is -3.79. The normalized spacial score (nSPS) is 8.56. The van der Waals surface area contributed by atoms with E-state index < -0.39 is 14.5 Å². The van der Waals surface area contributed by atoms with Crippen molar-refractivity contribution >= 4 is 14.5 Å². The molecule has 3 nitrogen and oxygen atoms in total. The van der Waals surface area contributed by atoms with Crippen LogP contribution in [0.1, 0.15) is 65.2 Å². The molecule has 0 aliphatic heterocycles. The van der Waals surface area contributed by atoms with Gasteiger partial charge in [-0.2, -0.15) is 0 Å². The maximum atomic E-state index is 8.54. The van der Waals surface area contributed by atoms with Crippen LogP contribution in [0.25, 0.3) is 0 Å². The van der Waals surface area contributed by atoms with E-state index in [1.165, 1.54) is 51.4 Å². The van der Waals surface area contributed by atoms with Gasteiger partial charge in [-0.15, -0.1) is 0 Å². The maximum absolute atomic E-state index is 8.54. The average Bonchev–Trinajstić information content (AvgIpc) is 2.10. The number of hydrogen-bond acceptors (Lipinski definition) is 3. The van der Waals surface area contributed by atoms with Crippen molar-refractivity contribution in [3.8, 4) is 0 Å². The Morgan fingerprint density at radius 2 is 0.938 bits per heavy atom. The van der Waals surface area contributed by atoms with Gasteiger partial charge in [0, 0.05) is 0 Å². The van der Waals surface area contributed by atoms with Gasteiger partial charge in [-0.3, -0.25) is 0 Å². The molecule has 0 heterocycles. The third kappa shape index (κ3) is 44.2. The van der Waals surface area contributed by atoms with E-state index in [9.17, 15) is 0 Å². The first-order valence-electron chi connectivity index (χ1n) is 5.41. The summed E-state index contributed by atoms with van der Waals surface area (Å²) in [4.78, 5) is 0. The van der Waals surface area contributed by atoms with Gasteiger partial charge in [0.1, 0.15) is 0 Å². The Bertz CT molecular complexity index is 115. The Morgan fingerprint density at radius 3 is 1.12 bits per heavy atom. The van der Waals surface area contributed by atoms with Crippen molar-refractivity contribution < 1.29 is 71.3 Å². The van der Waals surface area contributed by atoms with Gasteiger partial charge in [0.2, 0.25) is 0 Å². The molecule has 16 heavy (non-hydrogen) atoms. The molecule has 0 unspecified atom stereocenters. The van der Waals surface area contributed by atoms with Crippen LogP contribution >= 0.6 is 0 Å². The molecule has 0 aromatic rings. The Kier molecular flexibility index (Phi) is 43.3. The first kappa shape index (κ1) is 26.7. The Labute approximate surface area is 149 Å². The van der Waals surface area contributed by atoms with Gasteiger partial charge in [-0.05, 0) is 0 Å². The van der Waals surface area contributed by atoms with E-state index in [-0.39, 0.29) is 59.1 Å². The average molecular weight is 315 g/mol. The van der Waals surface area contributed by atoms with Crippen LogP contribution in [-0.4, -0.2) is 14.5 Å². The third-order valence-corrected chi connectivity index (χ3v) is 1.96. The predicted molar refractivity (Wildman–Crippen MR) is 54.7 cm³/mol. The molecule has 88 valence electrons. The molecule has 0 N–H and O–H groups in total. The fourth-order valence-corrected chi connectivity index (χ4v) is 1.21. The minimum absolute atomic E-state index is 0. The van der Waals surface area contributed by atoms with E-state index in [1.54, 1.807) is 0 Å². The SMILES string of the molecule is CCCCCCCCCC.O=[Se]([O-])[O-].[Na+].[Na+]. The van der Waals surface area contributed by atoms with Crippen LogP contribution in [0.5, 0.6) is 0 Å². The first-order chi connectivity index (χ1) is 6.65. The second-order valence-corrected chi connectivity index (χ2v) is 4.18. The zero-order valence-corrected chi connectivity index (χ0v) is 17.0. The van der Waals surface area contributed by atoms with Crippen LogP contribution in [0.2, 0.25) is 0 Å². The Morgan fingerprint density at radius 1 is 0.750 bits per heavy atom. The summed E-state index contributed by atoms with van der Waals surface area (Å²) in [7, 11) is 0. The molecule has 0 bridgehead atoms. The summed E-state index contributed by atoms with van der Waals surface area (Å²) < 4.78 is 25.6. The van der Waals surface area contributed by atoms with E-state index in [0.29, 0.717) is 0 Å². The molecule has 0 rings (SSSR count). The molecule has 0 spiro atoms. The van der Waals surface area contributed by atoms with E-state index in [0.717, 1.165) is 0 Å². The van der Waals surface area contributed by atoms with Crippen LogP contribution < -0.4 is 67.5 Å². The van der Waals surface area contributed by atoms with Gasteiger partial charge >= 0.3 is 85.8 Å². The molecule has 0 aromatic heterocycles. The van der Waals surface area contributed by atoms with Crippen molar-refractivity contribution in [2.45, 2.75) is 65.2 Å². The van der Waals surface area contributed by atoms with Gasteiger partial charge in [0.15, 0.2) is 0 Å². The van der Waals surface area contributed by atoms with Crippen LogP contribution in [0.15, 0.2) is 0 Å². The molecule has 0 aromatic carbocycles. The van der Waals surface area contributed by atoms with Crippen molar-refractivity contribution in [1.29, 1.82) is 0 Å². The molecule has 0 amide bonds.